The van der Waals surface area contributed by atoms with Gasteiger partial charge in [0.2, 0.25) is 0 Å². The van der Waals surface area contributed by atoms with Crippen molar-refractivity contribution >= 4 is 21.6 Å². The minimum atomic E-state index is 0.611. The van der Waals surface area contributed by atoms with Crippen LogP contribution in [0.4, 0.5) is 5.69 Å². The summed E-state index contributed by atoms with van der Waals surface area (Å²) in [6.45, 7) is 4.19. The highest BCUT2D eigenvalue weighted by Crippen LogP contribution is 2.19. The summed E-state index contributed by atoms with van der Waals surface area (Å²) in [5.74, 6) is 0.611. The number of rotatable bonds is 5. The van der Waals surface area contributed by atoms with Crippen molar-refractivity contribution in [3.63, 3.8) is 0 Å². The first-order valence-corrected chi connectivity index (χ1v) is 5.51. The van der Waals surface area contributed by atoms with E-state index in [2.05, 4.69) is 38.5 Å². The molecule has 0 spiro atoms. The summed E-state index contributed by atoms with van der Waals surface area (Å²) in [7, 11) is 1.97. The Labute approximate surface area is 93.4 Å². The highest BCUT2D eigenvalue weighted by atomic mass is 79.9. The third kappa shape index (κ3) is 3.64. The van der Waals surface area contributed by atoms with Crippen molar-refractivity contribution in [3.05, 3.63) is 22.9 Å². The number of anilines is 1. The molecule has 0 saturated heterocycles. The summed E-state index contributed by atoms with van der Waals surface area (Å²) in [6, 6.07) is 1.97. The van der Waals surface area contributed by atoms with E-state index >= 15 is 0 Å². The van der Waals surface area contributed by atoms with E-state index in [4.69, 9.17) is 0 Å². The van der Waals surface area contributed by atoms with E-state index in [9.17, 15) is 0 Å². The van der Waals surface area contributed by atoms with Crippen molar-refractivity contribution in [3.8, 4) is 0 Å². The number of halogens is 1. The van der Waals surface area contributed by atoms with Crippen LogP contribution in [-0.4, -0.2) is 25.1 Å². The van der Waals surface area contributed by atoms with E-state index in [1.807, 2.05) is 13.1 Å². The maximum Gasteiger partial charge on any atom is 0.0590 e. The van der Waals surface area contributed by atoms with Gasteiger partial charge < -0.3 is 10.6 Å². The van der Waals surface area contributed by atoms with Crippen LogP contribution in [0.3, 0.4) is 0 Å². The second-order valence-corrected chi connectivity index (χ2v) is 4.25. The van der Waals surface area contributed by atoms with Crippen molar-refractivity contribution in [2.75, 3.05) is 25.5 Å². The molecule has 1 aromatic rings. The number of aromatic nitrogens is 1. The van der Waals surface area contributed by atoms with Gasteiger partial charge in [-0.05, 0) is 41.5 Å². The lowest BCUT2D eigenvalue weighted by molar-refractivity contribution is 0.569. The molecule has 14 heavy (non-hydrogen) atoms. The molecular formula is C10H16BrN3. The Kier molecular flexibility index (Phi) is 4.90. The van der Waals surface area contributed by atoms with Crippen molar-refractivity contribution < 1.29 is 0 Å². The molecule has 0 aromatic carbocycles. The standard InChI is InChI=1S/C10H16BrN3/c1-8(5-12-2)6-14-10-3-4-13-7-9(10)11/h3-4,7-8,12H,5-6H2,1-2H3,(H,13,14). The molecule has 1 atom stereocenters. The van der Waals surface area contributed by atoms with E-state index in [-0.39, 0.29) is 0 Å². The Morgan fingerprint density at radius 3 is 2.93 bits per heavy atom. The van der Waals surface area contributed by atoms with Gasteiger partial charge in [0, 0.05) is 18.9 Å². The molecule has 1 heterocycles. The molecule has 0 bridgehead atoms. The largest absolute Gasteiger partial charge is 0.384 e. The topological polar surface area (TPSA) is 37.0 Å². The zero-order valence-electron chi connectivity index (χ0n) is 8.55. The van der Waals surface area contributed by atoms with Gasteiger partial charge in [0.05, 0.1) is 10.2 Å². The van der Waals surface area contributed by atoms with Gasteiger partial charge in [-0.25, -0.2) is 0 Å². The van der Waals surface area contributed by atoms with Crippen LogP contribution in [0.1, 0.15) is 6.92 Å². The fourth-order valence-corrected chi connectivity index (χ4v) is 1.61. The van der Waals surface area contributed by atoms with E-state index in [1.165, 1.54) is 0 Å². The molecule has 0 fully saturated rings. The molecule has 0 aliphatic carbocycles. The average Bonchev–Trinajstić information content (AvgIpc) is 2.17. The van der Waals surface area contributed by atoms with Gasteiger partial charge in [-0.15, -0.1) is 0 Å². The van der Waals surface area contributed by atoms with Crippen molar-refractivity contribution in [1.29, 1.82) is 0 Å². The van der Waals surface area contributed by atoms with Gasteiger partial charge >= 0.3 is 0 Å². The Hall–Kier alpha value is -0.610. The predicted octanol–water partition coefficient (Wildman–Crippen LogP) is 2.11. The Balaban J connectivity index is 2.41. The first-order chi connectivity index (χ1) is 6.74. The number of nitrogens with one attached hydrogen (secondary N) is 2. The van der Waals surface area contributed by atoms with Gasteiger partial charge in [-0.1, -0.05) is 6.92 Å². The first-order valence-electron chi connectivity index (χ1n) is 4.72. The number of pyridine rings is 1. The summed E-state index contributed by atoms with van der Waals surface area (Å²) in [5.41, 5.74) is 1.10. The molecule has 1 aromatic heterocycles. The molecule has 1 rings (SSSR count). The molecule has 0 saturated carbocycles. The number of nitrogens with zero attached hydrogens (tertiary/aromatic N) is 1. The molecule has 0 aliphatic rings. The fourth-order valence-electron chi connectivity index (χ4n) is 1.22. The van der Waals surface area contributed by atoms with Crippen LogP contribution in [0.5, 0.6) is 0 Å². The van der Waals surface area contributed by atoms with Gasteiger partial charge in [-0.2, -0.15) is 0 Å². The highest BCUT2D eigenvalue weighted by molar-refractivity contribution is 9.10. The lowest BCUT2D eigenvalue weighted by Gasteiger charge is -2.13. The summed E-state index contributed by atoms with van der Waals surface area (Å²) in [6.07, 6.45) is 3.58. The molecule has 0 amide bonds. The number of hydrogen-bond acceptors (Lipinski definition) is 3. The van der Waals surface area contributed by atoms with Crippen LogP contribution < -0.4 is 10.6 Å². The summed E-state index contributed by atoms with van der Waals surface area (Å²) < 4.78 is 1.01. The maximum atomic E-state index is 4.01. The van der Waals surface area contributed by atoms with Crippen LogP contribution in [0.15, 0.2) is 22.9 Å². The monoisotopic (exact) mass is 257 g/mol. The third-order valence-corrected chi connectivity index (χ3v) is 2.60. The first kappa shape index (κ1) is 11.5. The minimum absolute atomic E-state index is 0.611. The molecule has 78 valence electrons. The quantitative estimate of drug-likeness (QED) is 0.849. The predicted molar refractivity (Wildman–Crippen MR) is 63.5 cm³/mol. The molecule has 0 aliphatic heterocycles. The summed E-state index contributed by atoms with van der Waals surface area (Å²) in [5, 5.41) is 6.52. The second-order valence-electron chi connectivity index (χ2n) is 3.40. The van der Waals surface area contributed by atoms with E-state index < -0.39 is 0 Å². The van der Waals surface area contributed by atoms with Gasteiger partial charge in [0.25, 0.3) is 0 Å². The zero-order valence-corrected chi connectivity index (χ0v) is 10.1. The van der Waals surface area contributed by atoms with Crippen LogP contribution in [-0.2, 0) is 0 Å². The zero-order chi connectivity index (χ0) is 10.4. The van der Waals surface area contributed by atoms with E-state index in [0.29, 0.717) is 5.92 Å². The SMILES string of the molecule is CNCC(C)CNc1ccncc1Br. The fraction of sp³-hybridized carbons (Fsp3) is 0.500. The average molecular weight is 258 g/mol. The smallest absolute Gasteiger partial charge is 0.0590 e. The van der Waals surface area contributed by atoms with Crippen LogP contribution in [0, 0.1) is 5.92 Å². The van der Waals surface area contributed by atoms with Crippen molar-refractivity contribution in [1.82, 2.24) is 10.3 Å². The molecule has 0 radical (unpaired) electrons. The normalized spacial score (nSPS) is 12.5. The minimum Gasteiger partial charge on any atom is -0.384 e. The molecular weight excluding hydrogens is 242 g/mol. The van der Waals surface area contributed by atoms with Crippen LogP contribution in [0.25, 0.3) is 0 Å². The molecule has 2 N–H and O–H groups in total. The van der Waals surface area contributed by atoms with Gasteiger partial charge in [0.15, 0.2) is 0 Å². The summed E-state index contributed by atoms with van der Waals surface area (Å²) in [4.78, 5) is 4.01. The van der Waals surface area contributed by atoms with Gasteiger partial charge in [-0.3, -0.25) is 4.98 Å². The van der Waals surface area contributed by atoms with Crippen LogP contribution >= 0.6 is 15.9 Å². The van der Waals surface area contributed by atoms with Crippen molar-refractivity contribution in [2.24, 2.45) is 5.92 Å². The number of hydrogen-bond donors (Lipinski definition) is 2. The molecule has 1 unspecified atom stereocenters. The lowest BCUT2D eigenvalue weighted by Crippen LogP contribution is -2.22. The Morgan fingerprint density at radius 2 is 2.29 bits per heavy atom. The highest BCUT2D eigenvalue weighted by Gasteiger charge is 2.02. The second kappa shape index (κ2) is 5.98. The van der Waals surface area contributed by atoms with Crippen LogP contribution in [0.2, 0.25) is 0 Å². The maximum absolute atomic E-state index is 4.01. The Morgan fingerprint density at radius 1 is 1.50 bits per heavy atom. The summed E-state index contributed by atoms with van der Waals surface area (Å²) >= 11 is 3.44. The van der Waals surface area contributed by atoms with E-state index in [0.717, 1.165) is 23.2 Å². The lowest BCUT2D eigenvalue weighted by atomic mass is 10.2. The van der Waals surface area contributed by atoms with E-state index in [1.54, 1.807) is 12.4 Å². The molecule has 4 heteroatoms. The third-order valence-electron chi connectivity index (χ3n) is 1.97. The Bertz CT molecular complexity index is 278. The van der Waals surface area contributed by atoms with Gasteiger partial charge in [0.1, 0.15) is 0 Å². The van der Waals surface area contributed by atoms with Crippen molar-refractivity contribution in [2.45, 2.75) is 6.92 Å². The molecule has 3 nitrogen and oxygen atoms in total.